The number of carbonyl (C=O) groups is 10. The first-order valence-corrected chi connectivity index (χ1v) is 29.4. The van der Waals surface area contributed by atoms with E-state index >= 15 is 0 Å². The Balaban J connectivity index is 0.729. The minimum absolute atomic E-state index is 0.00683. The number of nitrogens with zero attached hydrogens (tertiary/aromatic N) is 4. The Morgan fingerprint density at radius 3 is 1.95 bits per heavy atom. The zero-order valence-corrected chi connectivity index (χ0v) is 49.7. The monoisotopic (exact) mass is 1230 g/mol. The van der Waals surface area contributed by atoms with Crippen LogP contribution in [-0.2, 0) is 106 Å². The van der Waals surface area contributed by atoms with Gasteiger partial charge in [-0.25, -0.2) is 9.78 Å². The van der Waals surface area contributed by atoms with Gasteiger partial charge in [-0.3, -0.25) is 52.8 Å². The number of amides is 9. The Bertz CT molecular complexity index is 3130. The number of para-hydroxylation sites is 1. The van der Waals surface area contributed by atoms with Gasteiger partial charge in [0.1, 0.15) is 24.7 Å². The number of benzene rings is 1. The van der Waals surface area contributed by atoms with Gasteiger partial charge >= 0.3 is 5.97 Å². The van der Waals surface area contributed by atoms with E-state index in [1.54, 1.807) is 22.5 Å². The number of nitrogens with one attached hydrogen (secondary N) is 5. The molecule has 5 heterocycles. The normalized spacial score (nSPS) is 16.7. The molecule has 2 aromatic heterocycles. The summed E-state index contributed by atoms with van der Waals surface area (Å²) in [6.45, 7) is 7.79. The SMILES string of the molecule is CC[C@@]1(O)C(=O)OCc2c1cc1n(c2=O)Cc2c-1nc1ccccc1c2CCN(C(=O)CNC(=O)[C@H](CC(N)=O)NC(=O)[C@H](C)NC(=O)[C@H](C)NC(=O)CCOCCOCCOCCOCCOCCOCCNC(=O)CCN1C(=O)C=CC1=O)C1CC1. The highest BCUT2D eigenvalue weighted by Gasteiger charge is 2.46. The van der Waals surface area contributed by atoms with Crippen LogP contribution in [0.2, 0.25) is 0 Å². The molecular weight excluding hydrogens is 1150 g/mol. The maximum Gasteiger partial charge on any atom is 0.343 e. The second kappa shape index (κ2) is 32.8. The number of rotatable bonds is 39. The Kier molecular flexibility index (Phi) is 25.1. The lowest BCUT2D eigenvalue weighted by atomic mass is 9.86. The number of aromatic nitrogens is 2. The third-order valence-corrected chi connectivity index (χ3v) is 15.0. The van der Waals surface area contributed by atoms with Gasteiger partial charge < -0.3 is 80.0 Å². The van der Waals surface area contributed by atoms with E-state index in [4.69, 9.17) is 43.9 Å². The van der Waals surface area contributed by atoms with Crippen molar-refractivity contribution in [3.8, 4) is 11.4 Å². The fourth-order valence-electron chi connectivity index (χ4n) is 9.99. The molecule has 0 unspecified atom stereocenters. The fourth-order valence-corrected chi connectivity index (χ4v) is 9.99. The lowest BCUT2D eigenvalue weighted by Crippen LogP contribution is -2.56. The van der Waals surface area contributed by atoms with E-state index in [1.165, 1.54) is 26.0 Å². The number of fused-ring (bicyclic) bond motifs is 5. The summed E-state index contributed by atoms with van der Waals surface area (Å²) in [6.07, 6.45) is 3.45. The molecule has 29 nitrogen and oxygen atoms in total. The van der Waals surface area contributed by atoms with Gasteiger partial charge in [-0.2, -0.15) is 0 Å². The molecule has 3 aliphatic heterocycles. The maximum atomic E-state index is 13.9. The zero-order chi connectivity index (χ0) is 63.3. The van der Waals surface area contributed by atoms with Gasteiger partial charge in [-0.15, -0.1) is 0 Å². The van der Waals surface area contributed by atoms with Crippen molar-refractivity contribution in [1.29, 1.82) is 0 Å². The van der Waals surface area contributed by atoms with Gasteiger partial charge in [0.25, 0.3) is 17.4 Å². The van der Waals surface area contributed by atoms with Gasteiger partial charge in [0.2, 0.25) is 41.4 Å². The number of hydrogen-bond donors (Lipinski definition) is 7. The van der Waals surface area contributed by atoms with E-state index in [0.717, 1.165) is 34.3 Å². The molecule has 8 N–H and O–H groups in total. The molecule has 29 heteroatoms. The minimum atomic E-state index is -2.00. The van der Waals surface area contributed by atoms with Crippen molar-refractivity contribution >= 4 is 70.0 Å². The van der Waals surface area contributed by atoms with Crippen molar-refractivity contribution in [2.75, 3.05) is 105 Å². The smallest absolute Gasteiger partial charge is 0.343 e. The first kappa shape index (κ1) is 67.4. The van der Waals surface area contributed by atoms with Crippen LogP contribution >= 0.6 is 0 Å². The molecule has 3 aromatic rings. The van der Waals surface area contributed by atoms with E-state index < -0.39 is 95.5 Å². The van der Waals surface area contributed by atoms with Crippen LogP contribution in [0, 0.1) is 0 Å². The third-order valence-electron chi connectivity index (χ3n) is 15.0. The largest absolute Gasteiger partial charge is 0.458 e. The van der Waals surface area contributed by atoms with Crippen LogP contribution in [0.25, 0.3) is 22.3 Å². The number of cyclic esters (lactones) is 1. The van der Waals surface area contributed by atoms with Crippen molar-refractivity contribution in [3.63, 3.8) is 0 Å². The molecule has 9 amide bonds. The molecule has 1 fully saturated rings. The topological polar surface area (TPSA) is 383 Å². The van der Waals surface area contributed by atoms with E-state index in [0.29, 0.717) is 76.2 Å². The van der Waals surface area contributed by atoms with Crippen LogP contribution in [0.15, 0.2) is 47.3 Å². The summed E-state index contributed by atoms with van der Waals surface area (Å²) in [5.74, 6) is -6.24. The lowest BCUT2D eigenvalue weighted by molar-refractivity contribution is -0.172. The molecule has 7 rings (SSSR count). The predicted molar refractivity (Wildman–Crippen MR) is 310 cm³/mol. The summed E-state index contributed by atoms with van der Waals surface area (Å²) in [6, 6.07) is 5.17. The molecule has 88 heavy (non-hydrogen) atoms. The van der Waals surface area contributed by atoms with Crippen molar-refractivity contribution in [2.24, 2.45) is 5.73 Å². The number of pyridine rings is 2. The van der Waals surface area contributed by atoms with Gasteiger partial charge in [-0.05, 0) is 57.2 Å². The molecule has 1 saturated carbocycles. The van der Waals surface area contributed by atoms with Crippen LogP contribution in [0.1, 0.15) is 81.5 Å². The van der Waals surface area contributed by atoms with Crippen LogP contribution in [0.4, 0.5) is 0 Å². The number of esters is 1. The van der Waals surface area contributed by atoms with Gasteiger partial charge in [0.15, 0.2) is 5.60 Å². The summed E-state index contributed by atoms with van der Waals surface area (Å²) in [5.41, 5.74) is 6.65. The van der Waals surface area contributed by atoms with E-state index in [2.05, 4.69) is 26.6 Å². The van der Waals surface area contributed by atoms with Crippen LogP contribution in [0.3, 0.4) is 0 Å². The standard InChI is InChI=1S/C59H78N10O19/c1-4-59(81)43-31-46-53-41(34-69(46)57(79)42(43)35-88-58(59)80)39(40-7-5-6-8-44(40)65-53)13-17-67(38-9-10-38)52(75)33-62-56(78)45(32-47(60)70)66-55(77)37(3)64-54(76)36(2)63-49(72)15-19-82-21-23-84-25-27-86-29-30-87-28-26-85-24-22-83-20-16-61-48(71)14-18-68-50(73)11-12-51(68)74/h5-8,11-12,31,36-38,45,81H,4,9-10,13-30,32-35H2,1-3H3,(H2,60,70)(H,61,71)(H,62,78)(H,63,72)(H,64,76)(H,66,77)/t36-,37-,45-,59-/m0/s1. The second-order valence-electron chi connectivity index (χ2n) is 21.3. The highest BCUT2D eigenvalue weighted by molar-refractivity contribution is 6.13. The summed E-state index contributed by atoms with van der Waals surface area (Å²) >= 11 is 0. The number of ether oxygens (including phenoxy) is 7. The number of imide groups is 1. The average Bonchev–Trinajstić information content (AvgIpc) is 1.68. The maximum absolute atomic E-state index is 13.9. The van der Waals surface area contributed by atoms with E-state index in [-0.39, 0.29) is 102 Å². The molecule has 0 radical (unpaired) electrons. The Labute approximate surface area is 507 Å². The van der Waals surface area contributed by atoms with Gasteiger partial charge in [-0.1, -0.05) is 25.1 Å². The fraction of sp³-hybridized carbons (Fsp3) is 0.559. The average molecular weight is 1230 g/mol. The number of nitrogens with two attached hydrogens (primary N) is 1. The Hall–Kier alpha value is -8.06. The summed E-state index contributed by atoms with van der Waals surface area (Å²) in [5, 5.41) is 24.8. The summed E-state index contributed by atoms with van der Waals surface area (Å²) in [7, 11) is 0. The third kappa shape index (κ3) is 18.5. The Morgan fingerprint density at radius 2 is 1.34 bits per heavy atom. The molecule has 0 spiro atoms. The van der Waals surface area contributed by atoms with Gasteiger partial charge in [0.05, 0.1) is 121 Å². The number of aliphatic hydroxyl groups is 1. The summed E-state index contributed by atoms with van der Waals surface area (Å²) < 4.78 is 39.5. The van der Waals surface area contributed by atoms with Crippen LogP contribution in [-0.4, -0.2) is 213 Å². The van der Waals surface area contributed by atoms with Gasteiger partial charge in [0, 0.05) is 67.2 Å². The number of hydrogen-bond acceptors (Lipinski definition) is 20. The molecule has 4 atom stereocenters. The molecule has 1 aromatic carbocycles. The van der Waals surface area contributed by atoms with Crippen LogP contribution < -0.4 is 37.9 Å². The van der Waals surface area contributed by atoms with Crippen molar-refractivity contribution in [2.45, 2.75) is 109 Å². The number of primary amides is 1. The summed E-state index contributed by atoms with van der Waals surface area (Å²) in [4.78, 5) is 148. The van der Waals surface area contributed by atoms with Crippen LogP contribution in [0.5, 0.6) is 0 Å². The molecular formula is C59H78N10O19. The highest BCUT2D eigenvalue weighted by atomic mass is 16.6. The first-order valence-electron chi connectivity index (χ1n) is 29.4. The van der Waals surface area contributed by atoms with E-state index in [1.807, 2.05) is 24.3 Å². The molecule has 1 aliphatic carbocycles. The minimum Gasteiger partial charge on any atom is -0.458 e. The molecule has 478 valence electrons. The second-order valence-corrected chi connectivity index (χ2v) is 21.3. The van der Waals surface area contributed by atoms with Crippen molar-refractivity contribution in [1.82, 2.24) is 45.9 Å². The van der Waals surface area contributed by atoms with Crippen molar-refractivity contribution < 1.29 is 86.2 Å². The highest BCUT2D eigenvalue weighted by Crippen LogP contribution is 2.40. The molecule has 0 saturated heterocycles. The number of carbonyl (C=O) groups excluding carboxylic acids is 10. The molecule has 0 bridgehead atoms. The zero-order valence-electron chi connectivity index (χ0n) is 49.7. The molecule has 4 aliphatic rings. The van der Waals surface area contributed by atoms with Crippen molar-refractivity contribution in [3.05, 3.63) is 75.1 Å². The van der Waals surface area contributed by atoms with E-state index in [9.17, 15) is 57.8 Å². The first-order chi connectivity index (χ1) is 42.3. The lowest BCUT2D eigenvalue weighted by Gasteiger charge is -2.31. The quantitative estimate of drug-likeness (QED) is 0.0145. The predicted octanol–water partition coefficient (Wildman–Crippen LogP) is -1.98. The Morgan fingerprint density at radius 1 is 0.750 bits per heavy atom.